The highest BCUT2D eigenvalue weighted by molar-refractivity contribution is 7.99. The highest BCUT2D eigenvalue weighted by Crippen LogP contribution is 2.30. The molecule has 148 valence electrons. The second kappa shape index (κ2) is 9.69. The maximum absolute atomic E-state index is 13.0. The molecule has 28 heavy (non-hydrogen) atoms. The van der Waals surface area contributed by atoms with E-state index >= 15 is 0 Å². The molecule has 1 amide bonds. The third-order valence-corrected chi connectivity index (χ3v) is 6.24. The van der Waals surface area contributed by atoms with Crippen molar-refractivity contribution in [3.05, 3.63) is 29.3 Å². The van der Waals surface area contributed by atoms with Crippen molar-refractivity contribution >= 4 is 23.4 Å². The molecule has 0 saturated heterocycles. The molecule has 1 aliphatic rings. The zero-order chi connectivity index (χ0) is 19.9. The van der Waals surface area contributed by atoms with Gasteiger partial charge in [0.1, 0.15) is 0 Å². The van der Waals surface area contributed by atoms with E-state index in [1.807, 2.05) is 36.7 Å². The number of hydrogen-bond donors (Lipinski definition) is 0. The van der Waals surface area contributed by atoms with Gasteiger partial charge in [0, 0.05) is 12.2 Å². The first kappa shape index (κ1) is 20.3. The third kappa shape index (κ3) is 4.71. The molecule has 1 aliphatic carbocycles. The number of amides is 1. The average Bonchev–Trinajstić information content (AvgIpc) is 3.19. The number of aromatic nitrogens is 4. The smallest absolute Gasteiger partial charge is 0.237 e. The van der Waals surface area contributed by atoms with Crippen LogP contribution >= 0.6 is 11.8 Å². The molecule has 0 unspecified atom stereocenters. The van der Waals surface area contributed by atoms with Crippen molar-refractivity contribution in [3.63, 3.8) is 0 Å². The molecule has 8 heteroatoms. The Morgan fingerprint density at radius 3 is 2.86 bits per heavy atom. The summed E-state index contributed by atoms with van der Waals surface area (Å²) in [7, 11) is 0. The van der Waals surface area contributed by atoms with Gasteiger partial charge in [-0.15, -0.1) is 5.10 Å². The summed E-state index contributed by atoms with van der Waals surface area (Å²) in [5, 5.41) is 21.8. The molecule has 1 fully saturated rings. The molecule has 1 heterocycles. The van der Waals surface area contributed by atoms with Crippen LogP contribution in [-0.2, 0) is 4.79 Å². The van der Waals surface area contributed by atoms with Crippen molar-refractivity contribution in [1.82, 2.24) is 20.2 Å². The summed E-state index contributed by atoms with van der Waals surface area (Å²) in [5.41, 5.74) is 3.06. The Hall–Kier alpha value is -2.40. The number of carbonyl (C=O) groups excluding carboxylic acids is 1. The van der Waals surface area contributed by atoms with E-state index in [9.17, 15) is 4.79 Å². The van der Waals surface area contributed by atoms with Gasteiger partial charge in [-0.3, -0.25) is 4.79 Å². The van der Waals surface area contributed by atoms with Gasteiger partial charge >= 0.3 is 0 Å². The first-order chi connectivity index (χ1) is 13.6. The minimum absolute atomic E-state index is 0.0351. The Morgan fingerprint density at radius 1 is 1.32 bits per heavy atom. The number of rotatable bonds is 7. The zero-order valence-electron chi connectivity index (χ0n) is 16.5. The summed E-state index contributed by atoms with van der Waals surface area (Å²) in [6.07, 6.45) is 6.13. The summed E-state index contributed by atoms with van der Waals surface area (Å²) in [4.78, 5) is 14.7. The normalized spacial score (nSPS) is 14.6. The molecular weight excluding hydrogens is 372 g/mol. The lowest BCUT2D eigenvalue weighted by atomic mass is 9.96. The molecule has 3 rings (SSSR count). The van der Waals surface area contributed by atoms with Crippen LogP contribution in [0, 0.1) is 25.2 Å². The third-order valence-electron chi connectivity index (χ3n) is 5.32. The minimum Gasteiger partial charge on any atom is -0.310 e. The molecule has 0 spiro atoms. The average molecular weight is 399 g/mol. The number of nitriles is 1. The van der Waals surface area contributed by atoms with Gasteiger partial charge in [-0.05, 0) is 54.3 Å². The Balaban J connectivity index is 1.72. The highest BCUT2D eigenvalue weighted by atomic mass is 32.2. The van der Waals surface area contributed by atoms with Gasteiger partial charge in [0.25, 0.3) is 0 Å². The van der Waals surface area contributed by atoms with Crippen LogP contribution in [0.3, 0.4) is 0 Å². The van der Waals surface area contributed by atoms with Crippen molar-refractivity contribution in [2.45, 2.75) is 63.6 Å². The first-order valence-corrected chi connectivity index (χ1v) is 10.7. The fourth-order valence-electron chi connectivity index (χ4n) is 3.61. The van der Waals surface area contributed by atoms with E-state index in [4.69, 9.17) is 5.26 Å². The predicted octanol–water partition coefficient (Wildman–Crippen LogP) is 3.83. The van der Waals surface area contributed by atoms with E-state index < -0.39 is 0 Å². The second-order valence-electron chi connectivity index (χ2n) is 7.16. The van der Waals surface area contributed by atoms with Gasteiger partial charge in [-0.2, -0.15) is 5.26 Å². The van der Waals surface area contributed by atoms with Crippen LogP contribution in [-0.4, -0.2) is 38.4 Å². The number of carbonyl (C=O) groups is 1. The van der Waals surface area contributed by atoms with Gasteiger partial charge in [0.2, 0.25) is 11.1 Å². The number of tetrazole rings is 1. The van der Waals surface area contributed by atoms with Crippen LogP contribution < -0.4 is 4.90 Å². The number of aryl methyl sites for hydroxylation is 1. The highest BCUT2D eigenvalue weighted by Gasteiger charge is 2.23. The van der Waals surface area contributed by atoms with E-state index in [1.165, 1.54) is 31.0 Å². The number of benzene rings is 1. The first-order valence-electron chi connectivity index (χ1n) is 9.76. The lowest BCUT2D eigenvalue weighted by Gasteiger charge is -2.25. The fraction of sp³-hybridized carbons (Fsp3) is 0.550. The summed E-state index contributed by atoms with van der Waals surface area (Å²) in [5.74, 6) is 0.207. The molecule has 0 N–H and O–H groups in total. The minimum atomic E-state index is -0.0351. The molecule has 1 aromatic heterocycles. The van der Waals surface area contributed by atoms with Crippen LogP contribution in [0.5, 0.6) is 0 Å². The monoisotopic (exact) mass is 398 g/mol. The number of anilines is 1. The van der Waals surface area contributed by atoms with Crippen LogP contribution in [0.4, 0.5) is 5.69 Å². The van der Waals surface area contributed by atoms with Crippen molar-refractivity contribution in [2.24, 2.45) is 0 Å². The SMILES string of the molecule is Cc1cccc(N(CCC#N)C(=O)CSc2nnnn2C2CCCCC2)c1C. The van der Waals surface area contributed by atoms with E-state index in [1.54, 1.807) is 4.90 Å². The lowest BCUT2D eigenvalue weighted by molar-refractivity contribution is -0.116. The molecule has 0 radical (unpaired) electrons. The van der Waals surface area contributed by atoms with Crippen molar-refractivity contribution < 1.29 is 4.79 Å². The van der Waals surface area contributed by atoms with Gasteiger partial charge in [-0.1, -0.05) is 43.2 Å². The van der Waals surface area contributed by atoms with Crippen molar-refractivity contribution in [3.8, 4) is 6.07 Å². The van der Waals surface area contributed by atoms with E-state index in [-0.39, 0.29) is 11.7 Å². The zero-order valence-corrected chi connectivity index (χ0v) is 17.3. The molecule has 1 aromatic carbocycles. The van der Waals surface area contributed by atoms with Crippen LogP contribution in [0.2, 0.25) is 0 Å². The summed E-state index contributed by atoms with van der Waals surface area (Å²) >= 11 is 1.37. The van der Waals surface area contributed by atoms with Gasteiger partial charge < -0.3 is 4.90 Å². The molecule has 0 aliphatic heterocycles. The molecule has 0 bridgehead atoms. The van der Waals surface area contributed by atoms with Crippen molar-refractivity contribution in [2.75, 3.05) is 17.2 Å². The van der Waals surface area contributed by atoms with Crippen LogP contribution in [0.1, 0.15) is 55.7 Å². The second-order valence-corrected chi connectivity index (χ2v) is 8.10. The number of thioether (sulfide) groups is 1. The summed E-state index contributed by atoms with van der Waals surface area (Å²) in [6.45, 7) is 4.42. The van der Waals surface area contributed by atoms with Crippen LogP contribution in [0.25, 0.3) is 0 Å². The quantitative estimate of drug-likeness (QED) is 0.659. The standard InChI is InChI=1S/C20H26N6OS/c1-15-8-6-11-18(16(15)2)25(13-7-12-21)19(27)14-28-20-22-23-24-26(20)17-9-4-3-5-10-17/h6,8,11,17H,3-5,7,9-10,13-14H2,1-2H3. The maximum Gasteiger partial charge on any atom is 0.237 e. The topological polar surface area (TPSA) is 87.7 Å². The Kier molecular flexibility index (Phi) is 7.04. The Labute approximate surface area is 170 Å². The van der Waals surface area contributed by atoms with E-state index in [2.05, 4.69) is 21.6 Å². The van der Waals surface area contributed by atoms with E-state index in [0.717, 1.165) is 29.7 Å². The predicted molar refractivity (Wildman–Crippen MR) is 109 cm³/mol. The van der Waals surface area contributed by atoms with Crippen LogP contribution in [0.15, 0.2) is 23.4 Å². The van der Waals surface area contributed by atoms with E-state index in [0.29, 0.717) is 24.2 Å². The van der Waals surface area contributed by atoms with Crippen molar-refractivity contribution in [1.29, 1.82) is 5.26 Å². The molecular formula is C20H26N6OS. The largest absolute Gasteiger partial charge is 0.310 e. The summed E-state index contributed by atoms with van der Waals surface area (Å²) < 4.78 is 1.88. The molecule has 0 atom stereocenters. The lowest BCUT2D eigenvalue weighted by Crippen LogP contribution is -2.34. The number of hydrogen-bond acceptors (Lipinski definition) is 6. The van der Waals surface area contributed by atoms with Gasteiger partial charge in [-0.25, -0.2) is 4.68 Å². The Morgan fingerprint density at radius 2 is 2.11 bits per heavy atom. The molecule has 7 nitrogen and oxygen atoms in total. The molecule has 1 saturated carbocycles. The van der Waals surface area contributed by atoms with Gasteiger partial charge in [0.05, 0.1) is 24.3 Å². The fourth-order valence-corrected chi connectivity index (χ4v) is 4.43. The maximum atomic E-state index is 13.0. The number of nitrogens with zero attached hydrogens (tertiary/aromatic N) is 6. The van der Waals surface area contributed by atoms with Gasteiger partial charge in [0.15, 0.2) is 0 Å². The summed E-state index contributed by atoms with van der Waals surface area (Å²) in [6, 6.07) is 8.38. The Bertz CT molecular complexity index is 853. The molecule has 2 aromatic rings.